The largest absolute Gasteiger partial charge is 0.497 e. The average Bonchev–Trinajstić information content (AvgIpc) is 3.13. The van der Waals surface area contributed by atoms with Crippen LogP contribution >= 0.6 is 0 Å². The van der Waals surface area contributed by atoms with Crippen molar-refractivity contribution in [1.29, 1.82) is 0 Å². The van der Waals surface area contributed by atoms with E-state index in [9.17, 15) is 13.6 Å². The van der Waals surface area contributed by atoms with Crippen LogP contribution in [0.1, 0.15) is 13.2 Å². The number of methoxy groups -OCH3 is 1. The predicted octanol–water partition coefficient (Wildman–Crippen LogP) is 2.38. The highest BCUT2D eigenvalue weighted by Gasteiger charge is 2.41. The van der Waals surface area contributed by atoms with E-state index in [1.54, 1.807) is 24.3 Å². The maximum Gasteiger partial charge on any atom is 0.252 e. The maximum atomic E-state index is 13.2. The number of carbonyl (C=O) groups is 1. The second-order valence-corrected chi connectivity index (χ2v) is 5.21. The van der Waals surface area contributed by atoms with Gasteiger partial charge in [0.05, 0.1) is 12.5 Å². The topological polar surface area (TPSA) is 66.2 Å². The first-order valence-electron chi connectivity index (χ1n) is 6.85. The highest BCUT2D eigenvalue weighted by atomic mass is 19.1. The van der Waals surface area contributed by atoms with E-state index in [2.05, 4.69) is 10.1 Å². The number of halogens is 2. The Morgan fingerprint density at radius 3 is 2.35 bits per heavy atom. The first-order valence-corrected chi connectivity index (χ1v) is 6.85. The van der Waals surface area contributed by atoms with E-state index in [1.807, 2.05) is 0 Å². The van der Waals surface area contributed by atoms with Gasteiger partial charge in [-0.15, -0.1) is 0 Å². The van der Waals surface area contributed by atoms with Crippen LogP contribution in [0.25, 0.3) is 0 Å². The number of alkyl halides is 2. The van der Waals surface area contributed by atoms with Crippen LogP contribution in [0.15, 0.2) is 36.9 Å². The molecule has 0 saturated carbocycles. The Kier molecular flexibility index (Phi) is 5.25. The molecule has 1 heterocycles. The molecule has 1 unspecified atom stereocenters. The third kappa shape index (κ3) is 3.64. The standard InChI is InChI=1S/C15H17F2N3O3/c1-15(7-16,8-17)13(21)14(20-10-18-9-19-20)23-12-5-3-11(22-2)4-6-12/h3-6,9-10,14H,7-8H2,1-2H3. The molecule has 2 rings (SSSR count). The predicted molar refractivity (Wildman–Crippen MR) is 77.7 cm³/mol. The van der Waals surface area contributed by atoms with E-state index < -0.39 is 30.8 Å². The van der Waals surface area contributed by atoms with Gasteiger partial charge in [0.2, 0.25) is 5.78 Å². The number of benzene rings is 1. The zero-order chi connectivity index (χ0) is 16.9. The summed E-state index contributed by atoms with van der Waals surface area (Å²) in [7, 11) is 1.52. The van der Waals surface area contributed by atoms with Crippen LogP contribution in [0.3, 0.4) is 0 Å². The monoisotopic (exact) mass is 325 g/mol. The molecular formula is C15H17F2N3O3. The summed E-state index contributed by atoms with van der Waals surface area (Å²) >= 11 is 0. The van der Waals surface area contributed by atoms with Crippen LogP contribution < -0.4 is 9.47 Å². The summed E-state index contributed by atoms with van der Waals surface area (Å²) < 4.78 is 38.1. The summed E-state index contributed by atoms with van der Waals surface area (Å²) in [4.78, 5) is 16.3. The summed E-state index contributed by atoms with van der Waals surface area (Å²) in [6.45, 7) is -1.07. The quantitative estimate of drug-likeness (QED) is 0.745. The van der Waals surface area contributed by atoms with Gasteiger partial charge in [-0.25, -0.2) is 18.4 Å². The molecule has 0 bridgehead atoms. The van der Waals surface area contributed by atoms with Crippen molar-refractivity contribution < 1.29 is 23.0 Å². The summed E-state index contributed by atoms with van der Waals surface area (Å²) in [5.74, 6) is 0.182. The Bertz CT molecular complexity index is 628. The van der Waals surface area contributed by atoms with Crippen molar-refractivity contribution in [2.75, 3.05) is 20.5 Å². The molecule has 0 aliphatic carbocycles. The first-order chi connectivity index (χ1) is 11.0. The molecule has 124 valence electrons. The summed E-state index contributed by atoms with van der Waals surface area (Å²) in [6, 6.07) is 6.44. The molecule has 8 heteroatoms. The summed E-state index contributed by atoms with van der Waals surface area (Å²) in [5, 5.41) is 3.84. The lowest BCUT2D eigenvalue weighted by atomic mass is 9.87. The highest BCUT2D eigenvalue weighted by Crippen LogP contribution is 2.29. The minimum absolute atomic E-state index is 0.333. The molecule has 23 heavy (non-hydrogen) atoms. The number of ketones is 1. The van der Waals surface area contributed by atoms with E-state index >= 15 is 0 Å². The molecule has 0 saturated heterocycles. The number of ether oxygens (including phenoxy) is 2. The van der Waals surface area contributed by atoms with Crippen LogP contribution in [0.2, 0.25) is 0 Å². The van der Waals surface area contributed by atoms with Crippen molar-refractivity contribution in [3.8, 4) is 11.5 Å². The lowest BCUT2D eigenvalue weighted by Gasteiger charge is -2.27. The summed E-state index contributed by atoms with van der Waals surface area (Å²) in [6.07, 6.45) is 1.14. The second-order valence-electron chi connectivity index (χ2n) is 5.21. The van der Waals surface area contributed by atoms with Crippen LogP contribution in [0, 0.1) is 5.41 Å². The van der Waals surface area contributed by atoms with Gasteiger partial charge >= 0.3 is 0 Å². The van der Waals surface area contributed by atoms with E-state index in [4.69, 9.17) is 9.47 Å². The number of aromatic nitrogens is 3. The fourth-order valence-electron chi connectivity index (χ4n) is 1.81. The zero-order valence-corrected chi connectivity index (χ0v) is 12.8. The number of hydrogen-bond donors (Lipinski definition) is 0. The minimum atomic E-state index is -1.80. The van der Waals surface area contributed by atoms with Crippen molar-refractivity contribution in [2.45, 2.75) is 13.2 Å². The molecule has 0 aliphatic heterocycles. The van der Waals surface area contributed by atoms with E-state index in [-0.39, 0.29) is 0 Å². The van der Waals surface area contributed by atoms with Crippen molar-refractivity contribution >= 4 is 5.78 Å². The third-order valence-electron chi connectivity index (χ3n) is 3.39. The van der Waals surface area contributed by atoms with Crippen LogP contribution in [0.5, 0.6) is 11.5 Å². The number of hydrogen-bond acceptors (Lipinski definition) is 5. The fraction of sp³-hybridized carbons (Fsp3) is 0.400. The highest BCUT2D eigenvalue weighted by molar-refractivity contribution is 5.87. The molecule has 0 N–H and O–H groups in total. The van der Waals surface area contributed by atoms with E-state index in [1.165, 1.54) is 26.7 Å². The molecule has 6 nitrogen and oxygen atoms in total. The number of nitrogens with zero attached hydrogens (tertiary/aromatic N) is 3. The van der Waals surface area contributed by atoms with Gasteiger partial charge in [0.1, 0.15) is 37.5 Å². The van der Waals surface area contributed by atoms with Gasteiger partial charge in [-0.05, 0) is 31.2 Å². The number of Topliss-reactive ketones (excluding diaryl/α,β-unsaturated/α-hetero) is 1. The molecule has 1 atom stereocenters. The first kappa shape index (κ1) is 16.9. The normalized spacial score (nSPS) is 12.7. The van der Waals surface area contributed by atoms with Crippen molar-refractivity contribution in [1.82, 2.24) is 14.8 Å². The lowest BCUT2D eigenvalue weighted by molar-refractivity contribution is -0.142. The smallest absolute Gasteiger partial charge is 0.252 e. The Labute approximate surface area is 132 Å². The van der Waals surface area contributed by atoms with Gasteiger partial charge in [0, 0.05) is 0 Å². The van der Waals surface area contributed by atoms with Gasteiger partial charge in [-0.2, -0.15) is 5.10 Å². The second kappa shape index (κ2) is 7.17. The Balaban J connectivity index is 2.29. The van der Waals surface area contributed by atoms with Crippen molar-refractivity contribution in [3.63, 3.8) is 0 Å². The van der Waals surface area contributed by atoms with Gasteiger partial charge in [-0.3, -0.25) is 4.79 Å². The maximum absolute atomic E-state index is 13.2. The molecule has 0 amide bonds. The number of carbonyl (C=O) groups excluding carboxylic acids is 1. The Hall–Kier alpha value is -2.51. The molecule has 0 spiro atoms. The van der Waals surface area contributed by atoms with E-state index in [0.717, 1.165) is 4.68 Å². The average molecular weight is 325 g/mol. The molecule has 2 aromatic rings. The van der Waals surface area contributed by atoms with E-state index in [0.29, 0.717) is 11.5 Å². The fourth-order valence-corrected chi connectivity index (χ4v) is 1.81. The van der Waals surface area contributed by atoms with Crippen molar-refractivity contribution in [3.05, 3.63) is 36.9 Å². The van der Waals surface area contributed by atoms with Gasteiger partial charge < -0.3 is 9.47 Å². The molecule has 0 aliphatic rings. The van der Waals surface area contributed by atoms with Crippen molar-refractivity contribution in [2.24, 2.45) is 5.41 Å². The molecular weight excluding hydrogens is 308 g/mol. The minimum Gasteiger partial charge on any atom is -0.497 e. The summed E-state index contributed by atoms with van der Waals surface area (Å²) in [5.41, 5.74) is -1.80. The number of rotatable bonds is 8. The molecule has 0 fully saturated rings. The lowest BCUT2D eigenvalue weighted by Crippen LogP contribution is -2.41. The van der Waals surface area contributed by atoms with Crippen LogP contribution in [-0.2, 0) is 4.79 Å². The molecule has 1 aromatic carbocycles. The molecule has 0 radical (unpaired) electrons. The van der Waals surface area contributed by atoms with Gasteiger partial charge in [-0.1, -0.05) is 0 Å². The Morgan fingerprint density at radius 1 is 1.26 bits per heavy atom. The SMILES string of the molecule is COc1ccc(OC(C(=O)C(C)(CF)CF)n2cncn2)cc1. The van der Waals surface area contributed by atoms with Crippen LogP contribution in [-0.4, -0.2) is 41.0 Å². The molecule has 1 aromatic heterocycles. The van der Waals surface area contributed by atoms with Gasteiger partial charge in [0.15, 0.2) is 0 Å². The third-order valence-corrected chi connectivity index (χ3v) is 3.39. The van der Waals surface area contributed by atoms with Crippen LogP contribution in [0.4, 0.5) is 8.78 Å². The zero-order valence-electron chi connectivity index (χ0n) is 12.8. The van der Waals surface area contributed by atoms with Gasteiger partial charge in [0.25, 0.3) is 6.23 Å². The Morgan fingerprint density at radius 2 is 1.87 bits per heavy atom.